The number of nitrogens with one attached hydrogen (secondary N) is 2. The summed E-state index contributed by atoms with van der Waals surface area (Å²) in [5.74, 6) is -1.35. The van der Waals surface area contributed by atoms with E-state index in [9.17, 15) is 18.0 Å². The van der Waals surface area contributed by atoms with Gasteiger partial charge in [-0.3, -0.25) is 0 Å². The number of carboxylic acids is 1. The van der Waals surface area contributed by atoms with Crippen LogP contribution in [0, 0.1) is 0 Å². The van der Waals surface area contributed by atoms with Crippen LogP contribution in [0.2, 0.25) is 0 Å². The van der Waals surface area contributed by atoms with Gasteiger partial charge in [0.2, 0.25) is 0 Å². The SMILES string of the molecule is O=C(NC1CCS(=O)(=O)C1)NC(CCO)C(=O)O. The molecule has 8 nitrogen and oxygen atoms in total. The van der Waals surface area contributed by atoms with Crippen LogP contribution in [0.1, 0.15) is 12.8 Å². The van der Waals surface area contributed by atoms with Gasteiger partial charge >= 0.3 is 12.0 Å². The third-order valence-electron chi connectivity index (χ3n) is 2.59. The molecule has 1 rings (SSSR count). The van der Waals surface area contributed by atoms with Crippen molar-refractivity contribution < 1.29 is 28.2 Å². The van der Waals surface area contributed by atoms with Crippen molar-refractivity contribution in [3.8, 4) is 0 Å². The van der Waals surface area contributed by atoms with Gasteiger partial charge in [0.15, 0.2) is 9.84 Å². The Balaban J connectivity index is 2.44. The molecule has 1 aliphatic rings. The van der Waals surface area contributed by atoms with Crippen LogP contribution in [0.3, 0.4) is 0 Å². The van der Waals surface area contributed by atoms with Gasteiger partial charge in [-0.2, -0.15) is 0 Å². The summed E-state index contributed by atoms with van der Waals surface area (Å²) in [4.78, 5) is 22.2. The van der Waals surface area contributed by atoms with Gasteiger partial charge in [0.1, 0.15) is 6.04 Å². The Morgan fingerprint density at radius 2 is 2.06 bits per heavy atom. The fourth-order valence-electron chi connectivity index (χ4n) is 1.68. The maximum Gasteiger partial charge on any atom is 0.326 e. The minimum absolute atomic E-state index is 0.0247. The summed E-state index contributed by atoms with van der Waals surface area (Å²) in [5.41, 5.74) is 0. The van der Waals surface area contributed by atoms with Crippen LogP contribution < -0.4 is 10.6 Å². The van der Waals surface area contributed by atoms with Gasteiger partial charge in [-0.1, -0.05) is 0 Å². The highest BCUT2D eigenvalue weighted by Crippen LogP contribution is 2.10. The van der Waals surface area contributed by atoms with Crippen molar-refractivity contribution in [2.45, 2.75) is 24.9 Å². The molecule has 9 heteroatoms. The second-order valence-electron chi connectivity index (χ2n) is 4.12. The molecule has 2 unspecified atom stereocenters. The van der Waals surface area contributed by atoms with Crippen LogP contribution in [-0.4, -0.2) is 60.8 Å². The van der Waals surface area contributed by atoms with Crippen LogP contribution in [0.4, 0.5) is 4.79 Å². The molecule has 0 radical (unpaired) electrons. The van der Waals surface area contributed by atoms with E-state index in [1.54, 1.807) is 0 Å². The Kier molecular flexibility index (Phi) is 4.91. The molecule has 1 fully saturated rings. The molecule has 0 aromatic carbocycles. The van der Waals surface area contributed by atoms with Gasteiger partial charge in [0, 0.05) is 19.1 Å². The number of carboxylic acid groups (broad SMARTS) is 1. The van der Waals surface area contributed by atoms with Gasteiger partial charge in [0.25, 0.3) is 0 Å². The van der Waals surface area contributed by atoms with E-state index in [2.05, 4.69) is 10.6 Å². The van der Waals surface area contributed by atoms with Gasteiger partial charge < -0.3 is 20.8 Å². The fourth-order valence-corrected chi connectivity index (χ4v) is 3.35. The van der Waals surface area contributed by atoms with Crippen LogP contribution in [0.5, 0.6) is 0 Å². The molecule has 0 saturated carbocycles. The number of hydrogen-bond acceptors (Lipinski definition) is 5. The first-order valence-electron chi connectivity index (χ1n) is 5.45. The van der Waals surface area contributed by atoms with Crippen LogP contribution in [-0.2, 0) is 14.6 Å². The largest absolute Gasteiger partial charge is 0.480 e. The molecule has 4 N–H and O–H groups in total. The molecule has 0 aromatic heterocycles. The zero-order valence-corrected chi connectivity index (χ0v) is 10.4. The second-order valence-corrected chi connectivity index (χ2v) is 6.35. The van der Waals surface area contributed by atoms with E-state index in [0.29, 0.717) is 6.42 Å². The molecular weight excluding hydrogens is 264 g/mol. The number of rotatable bonds is 5. The average molecular weight is 280 g/mol. The van der Waals surface area contributed by atoms with Gasteiger partial charge in [-0.05, 0) is 6.42 Å². The van der Waals surface area contributed by atoms with Gasteiger partial charge in [-0.25, -0.2) is 18.0 Å². The normalized spacial score (nSPS) is 23.3. The zero-order valence-electron chi connectivity index (χ0n) is 9.63. The lowest BCUT2D eigenvalue weighted by Gasteiger charge is -2.16. The molecule has 0 aromatic rings. The second kappa shape index (κ2) is 6.01. The standard InChI is InChI=1S/C9H16N2O6S/c12-3-1-7(8(13)14)11-9(15)10-6-2-4-18(16,17)5-6/h6-7,12H,1-5H2,(H,13,14)(H2,10,11,15). The summed E-state index contributed by atoms with van der Waals surface area (Å²) in [6, 6.07) is -2.41. The highest BCUT2D eigenvalue weighted by molar-refractivity contribution is 7.91. The van der Waals surface area contributed by atoms with Crippen molar-refractivity contribution in [1.29, 1.82) is 0 Å². The third kappa shape index (κ3) is 4.49. The Bertz CT molecular complexity index is 421. The molecular formula is C9H16N2O6S. The number of amides is 2. The summed E-state index contributed by atoms with van der Waals surface area (Å²) in [5, 5.41) is 22.0. The van der Waals surface area contributed by atoms with E-state index in [4.69, 9.17) is 10.2 Å². The lowest BCUT2D eigenvalue weighted by Crippen LogP contribution is -2.49. The van der Waals surface area contributed by atoms with E-state index in [1.807, 2.05) is 0 Å². The van der Waals surface area contributed by atoms with E-state index in [-0.39, 0.29) is 24.5 Å². The van der Waals surface area contributed by atoms with Crippen molar-refractivity contribution in [1.82, 2.24) is 10.6 Å². The number of carbonyl (C=O) groups is 2. The number of carbonyl (C=O) groups excluding carboxylic acids is 1. The molecule has 18 heavy (non-hydrogen) atoms. The smallest absolute Gasteiger partial charge is 0.326 e. The topological polar surface area (TPSA) is 133 Å². The van der Waals surface area contributed by atoms with Crippen molar-refractivity contribution in [3.05, 3.63) is 0 Å². The van der Waals surface area contributed by atoms with Crippen molar-refractivity contribution in [2.24, 2.45) is 0 Å². The quantitative estimate of drug-likeness (QED) is 0.475. The van der Waals surface area contributed by atoms with Gasteiger partial charge in [0.05, 0.1) is 11.5 Å². The number of urea groups is 1. The lowest BCUT2D eigenvalue weighted by atomic mass is 10.2. The minimum atomic E-state index is -3.09. The van der Waals surface area contributed by atoms with E-state index in [0.717, 1.165) is 0 Å². The minimum Gasteiger partial charge on any atom is -0.480 e. The van der Waals surface area contributed by atoms with Gasteiger partial charge in [-0.15, -0.1) is 0 Å². The molecule has 1 heterocycles. The molecule has 0 spiro atoms. The van der Waals surface area contributed by atoms with E-state index < -0.39 is 33.9 Å². The molecule has 1 saturated heterocycles. The summed E-state index contributed by atoms with van der Waals surface area (Å²) < 4.78 is 22.3. The zero-order chi connectivity index (χ0) is 13.8. The first kappa shape index (κ1) is 14.7. The average Bonchev–Trinajstić information content (AvgIpc) is 2.57. The molecule has 0 bridgehead atoms. The number of hydrogen-bond donors (Lipinski definition) is 4. The summed E-state index contributed by atoms with van der Waals surface area (Å²) >= 11 is 0. The predicted octanol–water partition coefficient (Wildman–Crippen LogP) is -1.69. The Labute approximate surface area is 104 Å². The molecule has 1 aliphatic heterocycles. The highest BCUT2D eigenvalue weighted by Gasteiger charge is 2.29. The van der Waals surface area contributed by atoms with Crippen LogP contribution in [0.25, 0.3) is 0 Å². The monoisotopic (exact) mass is 280 g/mol. The predicted molar refractivity (Wildman–Crippen MR) is 61.9 cm³/mol. The summed E-state index contributed by atoms with van der Waals surface area (Å²) in [6.07, 6.45) is 0.221. The van der Waals surface area contributed by atoms with Crippen LogP contribution >= 0.6 is 0 Å². The Hall–Kier alpha value is -1.35. The number of aliphatic hydroxyl groups excluding tert-OH is 1. The molecule has 2 amide bonds. The van der Waals surface area contributed by atoms with E-state index >= 15 is 0 Å². The van der Waals surface area contributed by atoms with Crippen molar-refractivity contribution in [2.75, 3.05) is 18.1 Å². The highest BCUT2D eigenvalue weighted by atomic mass is 32.2. The first-order chi connectivity index (χ1) is 8.34. The number of sulfone groups is 1. The summed E-state index contributed by atoms with van der Waals surface area (Å²) in [7, 11) is -3.09. The molecule has 0 aliphatic carbocycles. The fraction of sp³-hybridized carbons (Fsp3) is 0.778. The Morgan fingerprint density at radius 3 is 2.50 bits per heavy atom. The van der Waals surface area contributed by atoms with Crippen molar-refractivity contribution in [3.63, 3.8) is 0 Å². The molecule has 2 atom stereocenters. The number of aliphatic hydroxyl groups is 1. The Morgan fingerprint density at radius 1 is 1.39 bits per heavy atom. The first-order valence-corrected chi connectivity index (χ1v) is 7.27. The maximum absolute atomic E-state index is 11.4. The lowest BCUT2D eigenvalue weighted by molar-refractivity contribution is -0.139. The number of aliphatic carboxylic acids is 1. The van der Waals surface area contributed by atoms with Crippen LogP contribution in [0.15, 0.2) is 0 Å². The third-order valence-corrected chi connectivity index (χ3v) is 4.36. The summed E-state index contributed by atoms with van der Waals surface area (Å²) in [6.45, 7) is -0.366. The molecule has 104 valence electrons. The maximum atomic E-state index is 11.4. The van der Waals surface area contributed by atoms with Crippen molar-refractivity contribution >= 4 is 21.8 Å². The van der Waals surface area contributed by atoms with E-state index in [1.165, 1.54) is 0 Å².